The second-order valence-electron chi connectivity index (χ2n) is 2.71. The number of nitrogens with one attached hydrogen (secondary N) is 2. The van der Waals surface area contributed by atoms with Gasteiger partial charge in [0.05, 0.1) is 0 Å². The Labute approximate surface area is 78.4 Å². The van der Waals surface area contributed by atoms with Crippen LogP contribution in [0.3, 0.4) is 0 Å². The summed E-state index contributed by atoms with van der Waals surface area (Å²) < 4.78 is 0.997. The molecule has 14 heavy (non-hydrogen) atoms. The van der Waals surface area contributed by atoms with Crippen molar-refractivity contribution < 1.29 is 0 Å². The zero-order valence-corrected chi connectivity index (χ0v) is 7.56. The van der Waals surface area contributed by atoms with Gasteiger partial charge >= 0.3 is 5.69 Å². The third-order valence-corrected chi connectivity index (χ3v) is 1.63. The highest BCUT2D eigenvalue weighted by Gasteiger charge is 2.04. The van der Waals surface area contributed by atoms with Gasteiger partial charge in [-0.3, -0.25) is 4.98 Å². The van der Waals surface area contributed by atoms with Gasteiger partial charge in [-0.25, -0.2) is 4.79 Å². The van der Waals surface area contributed by atoms with Gasteiger partial charge < -0.3 is 5.32 Å². The third-order valence-electron chi connectivity index (χ3n) is 1.63. The van der Waals surface area contributed by atoms with Crippen LogP contribution in [0.5, 0.6) is 0 Å². The number of aromatic amines is 1. The largest absolute Gasteiger partial charge is 0.356 e. The van der Waals surface area contributed by atoms with Crippen LogP contribution >= 0.6 is 0 Å². The van der Waals surface area contributed by atoms with Crippen LogP contribution in [0.1, 0.15) is 13.3 Å². The highest BCUT2D eigenvalue weighted by Crippen LogP contribution is 1.94. The summed E-state index contributed by atoms with van der Waals surface area (Å²) in [5.41, 5.74) is -0.404. The first-order valence-corrected chi connectivity index (χ1v) is 4.23. The van der Waals surface area contributed by atoms with Gasteiger partial charge in [0, 0.05) is 6.54 Å². The molecule has 0 fully saturated rings. The van der Waals surface area contributed by atoms with Crippen molar-refractivity contribution in [2.75, 3.05) is 11.9 Å². The summed E-state index contributed by atoms with van der Waals surface area (Å²) in [7, 11) is 0. The monoisotopic (exact) mass is 195 g/mol. The molecule has 8 heteroatoms. The molecule has 0 amide bonds. The first-order chi connectivity index (χ1) is 6.81. The molecule has 0 aliphatic heterocycles. The average Bonchev–Trinajstić information content (AvgIpc) is 2.63. The van der Waals surface area contributed by atoms with Crippen LogP contribution in [0.2, 0.25) is 0 Å². The topological polar surface area (TPSA) is 101 Å². The highest BCUT2D eigenvalue weighted by molar-refractivity contribution is 5.32. The minimum atomic E-state index is -0.404. The molecule has 2 aromatic heterocycles. The van der Waals surface area contributed by atoms with Gasteiger partial charge in [-0.05, 0) is 16.8 Å². The zero-order chi connectivity index (χ0) is 9.97. The molecule has 0 aromatic carbocycles. The summed E-state index contributed by atoms with van der Waals surface area (Å²) in [4.78, 5) is 17.8. The Bertz CT molecular complexity index is 486. The number of H-pyrrole nitrogens is 1. The van der Waals surface area contributed by atoms with Crippen LogP contribution in [0.15, 0.2) is 4.79 Å². The molecular formula is C6H9N7O. The summed E-state index contributed by atoms with van der Waals surface area (Å²) in [6.07, 6.45) is 0.944. The van der Waals surface area contributed by atoms with Crippen molar-refractivity contribution in [1.29, 1.82) is 0 Å². The minimum Gasteiger partial charge on any atom is -0.356 e. The number of anilines is 1. The first kappa shape index (κ1) is 8.60. The molecule has 0 atom stereocenters. The standard InChI is InChI=1S/C6H9N7O/c1-2-3-7-4-8-5-10-11-12-13(5)6(14)9-4/h2-3H2,1H3,(H2,7,8,9,10,12,14). The van der Waals surface area contributed by atoms with Crippen LogP contribution in [0.25, 0.3) is 5.78 Å². The maximum absolute atomic E-state index is 11.3. The first-order valence-electron chi connectivity index (χ1n) is 4.23. The number of nitrogens with zero attached hydrogens (tertiary/aromatic N) is 5. The van der Waals surface area contributed by atoms with E-state index < -0.39 is 5.69 Å². The number of rotatable bonds is 3. The predicted molar refractivity (Wildman–Crippen MR) is 48.0 cm³/mol. The van der Waals surface area contributed by atoms with E-state index in [1.165, 1.54) is 0 Å². The van der Waals surface area contributed by atoms with E-state index in [-0.39, 0.29) is 5.78 Å². The van der Waals surface area contributed by atoms with Gasteiger partial charge in [0.2, 0.25) is 5.95 Å². The number of aromatic nitrogens is 6. The van der Waals surface area contributed by atoms with E-state index in [1.54, 1.807) is 0 Å². The molecule has 0 saturated carbocycles. The number of tetrazole rings is 1. The quantitative estimate of drug-likeness (QED) is 0.653. The van der Waals surface area contributed by atoms with Gasteiger partial charge in [0.15, 0.2) is 0 Å². The van der Waals surface area contributed by atoms with Gasteiger partial charge in [0.25, 0.3) is 5.78 Å². The molecule has 0 aliphatic carbocycles. The Morgan fingerprint density at radius 3 is 3.21 bits per heavy atom. The van der Waals surface area contributed by atoms with Crippen molar-refractivity contribution in [2.24, 2.45) is 0 Å². The van der Waals surface area contributed by atoms with Crippen LogP contribution in [-0.4, -0.2) is 36.6 Å². The Kier molecular flexibility index (Phi) is 2.09. The third kappa shape index (κ3) is 1.41. The van der Waals surface area contributed by atoms with Crippen molar-refractivity contribution in [2.45, 2.75) is 13.3 Å². The van der Waals surface area contributed by atoms with E-state index in [0.29, 0.717) is 5.95 Å². The molecule has 0 aliphatic rings. The van der Waals surface area contributed by atoms with Crippen molar-refractivity contribution in [1.82, 2.24) is 30.0 Å². The summed E-state index contributed by atoms with van der Waals surface area (Å²) in [6.45, 7) is 2.75. The summed E-state index contributed by atoms with van der Waals surface area (Å²) in [5, 5.41) is 13.3. The normalized spacial score (nSPS) is 10.6. The Morgan fingerprint density at radius 2 is 2.43 bits per heavy atom. The smallest absolute Gasteiger partial charge is 0.353 e. The fourth-order valence-electron chi connectivity index (χ4n) is 0.993. The van der Waals surface area contributed by atoms with Gasteiger partial charge in [0.1, 0.15) is 0 Å². The molecule has 2 rings (SSSR count). The van der Waals surface area contributed by atoms with Crippen LogP contribution < -0.4 is 11.0 Å². The maximum atomic E-state index is 11.3. The molecule has 0 radical (unpaired) electrons. The molecule has 2 aromatic rings. The molecular weight excluding hydrogens is 186 g/mol. The molecule has 8 nitrogen and oxygen atoms in total. The number of hydrogen-bond acceptors (Lipinski definition) is 6. The van der Waals surface area contributed by atoms with Crippen LogP contribution in [-0.2, 0) is 0 Å². The lowest BCUT2D eigenvalue weighted by Crippen LogP contribution is -2.21. The van der Waals surface area contributed by atoms with E-state index in [9.17, 15) is 4.79 Å². The van der Waals surface area contributed by atoms with Crippen molar-refractivity contribution >= 4 is 11.7 Å². The summed E-state index contributed by atoms with van der Waals surface area (Å²) in [6, 6.07) is 0. The van der Waals surface area contributed by atoms with E-state index in [0.717, 1.165) is 17.5 Å². The number of hydrogen-bond donors (Lipinski definition) is 2. The lowest BCUT2D eigenvalue weighted by Gasteiger charge is -2.01. The Hall–Kier alpha value is -1.99. The van der Waals surface area contributed by atoms with Crippen molar-refractivity contribution in [3.05, 3.63) is 10.5 Å². The van der Waals surface area contributed by atoms with Crippen LogP contribution in [0, 0.1) is 0 Å². The van der Waals surface area contributed by atoms with E-state index in [4.69, 9.17) is 0 Å². The fraction of sp³-hybridized carbons (Fsp3) is 0.500. The zero-order valence-electron chi connectivity index (χ0n) is 7.56. The molecule has 0 bridgehead atoms. The molecule has 0 saturated heterocycles. The maximum Gasteiger partial charge on any atom is 0.353 e. The molecule has 0 spiro atoms. The molecule has 0 unspecified atom stereocenters. The van der Waals surface area contributed by atoms with Gasteiger partial charge in [-0.1, -0.05) is 12.0 Å². The highest BCUT2D eigenvalue weighted by atomic mass is 16.1. The summed E-state index contributed by atoms with van der Waals surface area (Å²) >= 11 is 0. The second-order valence-corrected chi connectivity index (χ2v) is 2.71. The van der Waals surface area contributed by atoms with E-state index in [2.05, 4.69) is 30.8 Å². The van der Waals surface area contributed by atoms with Crippen LogP contribution in [0.4, 0.5) is 5.95 Å². The second kappa shape index (κ2) is 3.40. The number of fused-ring (bicyclic) bond motifs is 1. The van der Waals surface area contributed by atoms with E-state index in [1.807, 2.05) is 6.92 Å². The van der Waals surface area contributed by atoms with Gasteiger partial charge in [-0.15, -0.1) is 4.52 Å². The minimum absolute atomic E-state index is 0.187. The lowest BCUT2D eigenvalue weighted by molar-refractivity contribution is 0.772. The van der Waals surface area contributed by atoms with E-state index >= 15 is 0 Å². The lowest BCUT2D eigenvalue weighted by atomic mass is 10.5. The fourth-order valence-corrected chi connectivity index (χ4v) is 0.993. The van der Waals surface area contributed by atoms with Gasteiger partial charge in [-0.2, -0.15) is 4.98 Å². The Morgan fingerprint density at radius 1 is 1.57 bits per heavy atom. The molecule has 2 heterocycles. The average molecular weight is 195 g/mol. The Balaban J connectivity index is 2.43. The molecule has 74 valence electrons. The predicted octanol–water partition coefficient (Wildman–Crippen LogP) is -0.970. The molecule has 2 N–H and O–H groups in total. The summed E-state index contributed by atoms with van der Waals surface area (Å²) in [5.74, 6) is 0.575. The van der Waals surface area contributed by atoms with Crippen molar-refractivity contribution in [3.63, 3.8) is 0 Å². The van der Waals surface area contributed by atoms with Crippen molar-refractivity contribution in [3.8, 4) is 0 Å². The SMILES string of the molecule is CCCNc1nc2nnnn2c(=O)[nH]1.